The number of halogens is 1. The lowest BCUT2D eigenvalue weighted by molar-refractivity contribution is -0.120. The number of anilines is 1. The van der Waals surface area contributed by atoms with Crippen LogP contribution >= 0.6 is 11.6 Å². The van der Waals surface area contributed by atoms with E-state index in [1.165, 1.54) is 5.57 Å². The van der Waals surface area contributed by atoms with E-state index in [1.807, 2.05) is 54.6 Å². The van der Waals surface area contributed by atoms with E-state index in [1.54, 1.807) is 6.21 Å². The Morgan fingerprint density at radius 1 is 1.16 bits per heavy atom. The lowest BCUT2D eigenvalue weighted by atomic mass is 9.88. The van der Waals surface area contributed by atoms with Crippen molar-refractivity contribution in [2.45, 2.75) is 32.7 Å². The summed E-state index contributed by atoms with van der Waals surface area (Å²) in [5.41, 5.74) is 7.71. The molecular weight excluding hydrogens is 406 g/mol. The zero-order valence-electron chi connectivity index (χ0n) is 18.2. The maximum Gasteiger partial charge on any atom is 0.244 e. The number of amides is 1. The molecule has 0 fully saturated rings. The SMILES string of the molecule is CC1=CC(C)(C)N(C)c2cc(Cl)c(/C=N/NC(=O)Cc3cccc4ccccc34)cc21. The molecule has 3 aromatic rings. The Hall–Kier alpha value is -3.11. The highest BCUT2D eigenvalue weighted by Gasteiger charge is 2.29. The van der Waals surface area contributed by atoms with Crippen molar-refractivity contribution in [3.05, 3.63) is 82.4 Å². The van der Waals surface area contributed by atoms with Gasteiger partial charge in [-0.15, -0.1) is 0 Å². The molecule has 158 valence electrons. The number of carbonyl (C=O) groups excluding carboxylic acids is 1. The first kappa shape index (κ1) is 21.1. The first-order chi connectivity index (χ1) is 14.8. The van der Waals surface area contributed by atoms with Gasteiger partial charge in [-0.2, -0.15) is 5.10 Å². The smallest absolute Gasteiger partial charge is 0.244 e. The van der Waals surface area contributed by atoms with Crippen LogP contribution in [0.1, 0.15) is 37.5 Å². The van der Waals surface area contributed by atoms with Gasteiger partial charge in [-0.05, 0) is 54.8 Å². The third-order valence-corrected chi connectivity index (χ3v) is 6.29. The van der Waals surface area contributed by atoms with Crippen LogP contribution in [-0.2, 0) is 11.2 Å². The van der Waals surface area contributed by atoms with Crippen LogP contribution in [0.2, 0.25) is 5.02 Å². The van der Waals surface area contributed by atoms with Crippen LogP contribution in [0.3, 0.4) is 0 Å². The maximum absolute atomic E-state index is 12.5. The van der Waals surface area contributed by atoms with Crippen LogP contribution in [0.5, 0.6) is 0 Å². The highest BCUT2D eigenvalue weighted by Crippen LogP contribution is 2.40. The Morgan fingerprint density at radius 2 is 1.90 bits per heavy atom. The molecule has 1 N–H and O–H groups in total. The van der Waals surface area contributed by atoms with Gasteiger partial charge in [-0.25, -0.2) is 5.43 Å². The molecule has 1 amide bonds. The number of nitrogens with zero attached hydrogens (tertiary/aromatic N) is 2. The number of likely N-dealkylation sites (N-methyl/N-ethyl adjacent to an activating group) is 1. The van der Waals surface area contributed by atoms with Crippen molar-refractivity contribution in [2.24, 2.45) is 5.10 Å². The van der Waals surface area contributed by atoms with Gasteiger partial charge in [-0.1, -0.05) is 60.1 Å². The molecule has 0 saturated carbocycles. The van der Waals surface area contributed by atoms with Gasteiger partial charge < -0.3 is 4.90 Å². The van der Waals surface area contributed by atoms with E-state index in [2.05, 4.69) is 49.3 Å². The van der Waals surface area contributed by atoms with E-state index in [9.17, 15) is 4.79 Å². The molecule has 0 spiro atoms. The molecule has 1 aliphatic heterocycles. The molecule has 0 atom stereocenters. The fourth-order valence-electron chi connectivity index (χ4n) is 4.12. The molecule has 0 unspecified atom stereocenters. The van der Waals surface area contributed by atoms with Crippen LogP contribution in [-0.4, -0.2) is 24.7 Å². The Balaban J connectivity index is 1.51. The topological polar surface area (TPSA) is 44.7 Å². The van der Waals surface area contributed by atoms with Gasteiger partial charge >= 0.3 is 0 Å². The monoisotopic (exact) mass is 431 g/mol. The molecule has 4 nitrogen and oxygen atoms in total. The molecule has 1 heterocycles. The molecule has 31 heavy (non-hydrogen) atoms. The number of carbonyl (C=O) groups is 1. The van der Waals surface area contributed by atoms with E-state index in [-0.39, 0.29) is 17.9 Å². The normalized spacial score (nSPS) is 15.1. The minimum Gasteiger partial charge on any atom is -0.365 e. The van der Waals surface area contributed by atoms with Gasteiger partial charge in [0, 0.05) is 23.9 Å². The summed E-state index contributed by atoms with van der Waals surface area (Å²) in [5.74, 6) is -0.167. The fraction of sp³-hybridized carbons (Fsp3) is 0.231. The molecule has 3 aromatic carbocycles. The third-order valence-electron chi connectivity index (χ3n) is 5.96. The highest BCUT2D eigenvalue weighted by molar-refractivity contribution is 6.33. The number of hydrogen-bond donors (Lipinski definition) is 1. The van der Waals surface area contributed by atoms with Crippen molar-refractivity contribution in [1.82, 2.24) is 5.43 Å². The van der Waals surface area contributed by atoms with Crippen LogP contribution in [0.25, 0.3) is 16.3 Å². The summed E-state index contributed by atoms with van der Waals surface area (Å²) in [6.45, 7) is 6.46. The van der Waals surface area contributed by atoms with E-state index in [0.717, 1.165) is 33.2 Å². The van der Waals surface area contributed by atoms with Gasteiger partial charge in [0.1, 0.15) is 0 Å². The second-order valence-corrected chi connectivity index (χ2v) is 8.95. The second-order valence-electron chi connectivity index (χ2n) is 8.54. The molecular formula is C26H26ClN3O. The third kappa shape index (κ3) is 4.21. The van der Waals surface area contributed by atoms with Gasteiger partial charge in [0.15, 0.2) is 0 Å². The Morgan fingerprint density at radius 3 is 2.71 bits per heavy atom. The molecule has 0 bridgehead atoms. The first-order valence-corrected chi connectivity index (χ1v) is 10.7. The Labute approximate surface area is 188 Å². The lowest BCUT2D eigenvalue weighted by Gasteiger charge is -2.40. The summed E-state index contributed by atoms with van der Waals surface area (Å²) in [6, 6.07) is 18.0. The fourth-order valence-corrected chi connectivity index (χ4v) is 4.33. The summed E-state index contributed by atoms with van der Waals surface area (Å²) < 4.78 is 0. The van der Waals surface area contributed by atoms with Gasteiger partial charge in [0.05, 0.1) is 23.2 Å². The van der Waals surface area contributed by atoms with Gasteiger partial charge in [0.2, 0.25) is 5.91 Å². The highest BCUT2D eigenvalue weighted by atomic mass is 35.5. The molecule has 1 aliphatic rings. The number of rotatable bonds is 4. The van der Waals surface area contributed by atoms with Crippen molar-refractivity contribution in [3.8, 4) is 0 Å². The number of benzene rings is 3. The molecule has 4 rings (SSSR count). The van der Waals surface area contributed by atoms with Crippen LogP contribution in [0.15, 0.2) is 65.8 Å². The zero-order chi connectivity index (χ0) is 22.2. The number of allylic oxidation sites excluding steroid dienone is 1. The molecule has 0 aromatic heterocycles. The molecule has 0 radical (unpaired) electrons. The molecule has 0 aliphatic carbocycles. The second kappa shape index (κ2) is 8.20. The predicted octanol–water partition coefficient (Wildman–Crippen LogP) is 5.82. The van der Waals surface area contributed by atoms with E-state index in [4.69, 9.17) is 11.6 Å². The number of hydrazone groups is 1. The number of nitrogens with one attached hydrogen (secondary N) is 1. The maximum atomic E-state index is 12.5. The Kier molecular flexibility index (Phi) is 5.59. The average Bonchev–Trinajstić information content (AvgIpc) is 2.73. The van der Waals surface area contributed by atoms with Crippen LogP contribution < -0.4 is 10.3 Å². The lowest BCUT2D eigenvalue weighted by Crippen LogP contribution is -2.42. The van der Waals surface area contributed by atoms with Gasteiger partial charge in [0.25, 0.3) is 0 Å². The zero-order valence-corrected chi connectivity index (χ0v) is 19.0. The minimum absolute atomic E-state index is 0.0778. The number of hydrogen-bond acceptors (Lipinski definition) is 3. The van der Waals surface area contributed by atoms with E-state index < -0.39 is 0 Å². The average molecular weight is 432 g/mol. The van der Waals surface area contributed by atoms with Gasteiger partial charge in [-0.3, -0.25) is 4.79 Å². The summed E-state index contributed by atoms with van der Waals surface area (Å²) in [5, 5.41) is 6.96. The standard InChI is InChI=1S/C26H26ClN3O/c1-17-15-26(2,3)30(4)24-14-23(27)20(12-22(17)24)16-28-29-25(31)13-19-10-7-9-18-8-5-6-11-21(18)19/h5-12,14-16H,13H2,1-4H3,(H,29,31)/b28-16+. The molecule has 0 saturated heterocycles. The quantitative estimate of drug-likeness (QED) is 0.418. The van der Waals surface area contributed by atoms with E-state index >= 15 is 0 Å². The van der Waals surface area contributed by atoms with Crippen molar-refractivity contribution in [2.75, 3.05) is 11.9 Å². The summed E-state index contributed by atoms with van der Waals surface area (Å²) in [4.78, 5) is 14.7. The van der Waals surface area contributed by atoms with Crippen LogP contribution in [0.4, 0.5) is 5.69 Å². The molecule has 5 heteroatoms. The minimum atomic E-state index is -0.167. The summed E-state index contributed by atoms with van der Waals surface area (Å²) >= 11 is 6.53. The summed E-state index contributed by atoms with van der Waals surface area (Å²) in [6.07, 6.45) is 4.12. The first-order valence-electron chi connectivity index (χ1n) is 10.3. The van der Waals surface area contributed by atoms with Crippen molar-refractivity contribution >= 4 is 45.8 Å². The van der Waals surface area contributed by atoms with Crippen molar-refractivity contribution in [3.63, 3.8) is 0 Å². The Bertz CT molecular complexity index is 1220. The van der Waals surface area contributed by atoms with Crippen molar-refractivity contribution < 1.29 is 4.79 Å². The van der Waals surface area contributed by atoms with E-state index in [0.29, 0.717) is 5.02 Å². The van der Waals surface area contributed by atoms with Crippen molar-refractivity contribution in [1.29, 1.82) is 0 Å². The largest absolute Gasteiger partial charge is 0.365 e. The summed E-state index contributed by atoms with van der Waals surface area (Å²) in [7, 11) is 2.07. The predicted molar refractivity (Wildman–Crippen MR) is 131 cm³/mol. The van der Waals surface area contributed by atoms with Crippen LogP contribution in [0, 0.1) is 0 Å². The number of fused-ring (bicyclic) bond motifs is 2.